The molecule has 1 aromatic heterocycles. The van der Waals surface area contributed by atoms with Crippen molar-refractivity contribution in [2.45, 2.75) is 13.0 Å². The van der Waals surface area contributed by atoms with Gasteiger partial charge in [-0.1, -0.05) is 34.7 Å². The summed E-state index contributed by atoms with van der Waals surface area (Å²) >= 11 is 6.40. The molecule has 25 heavy (non-hydrogen) atoms. The van der Waals surface area contributed by atoms with Crippen LogP contribution in [0.4, 0.5) is 4.79 Å². The molecule has 0 saturated carbocycles. The summed E-state index contributed by atoms with van der Waals surface area (Å²) < 4.78 is 1.82. The van der Waals surface area contributed by atoms with E-state index in [-0.39, 0.29) is 25.0 Å². The highest BCUT2D eigenvalue weighted by Crippen LogP contribution is 2.27. The van der Waals surface area contributed by atoms with Gasteiger partial charge in [0.2, 0.25) is 5.91 Å². The molecule has 0 unspecified atom stereocenters. The van der Waals surface area contributed by atoms with Crippen LogP contribution in [0.15, 0.2) is 23.8 Å². The molecular formula is C17H14ClN5O2. The fraction of sp³-hybridized carbons (Fsp3) is 0.294. The molecule has 4 rings (SSSR count). The lowest BCUT2D eigenvalue weighted by molar-refractivity contribution is -0.124. The minimum atomic E-state index is -0.335. The number of halogens is 1. The number of hydrogen-bond acceptors (Lipinski definition) is 4. The maximum absolute atomic E-state index is 11.8. The number of imide groups is 1. The van der Waals surface area contributed by atoms with E-state index in [2.05, 4.69) is 28.2 Å². The summed E-state index contributed by atoms with van der Waals surface area (Å²) in [6.07, 6.45) is 3.18. The normalized spacial score (nSPS) is 16.3. The fourth-order valence-electron chi connectivity index (χ4n) is 2.62. The Morgan fingerprint density at radius 2 is 2.12 bits per heavy atom. The molecule has 1 fully saturated rings. The molecule has 0 N–H and O–H groups in total. The first-order chi connectivity index (χ1) is 12.0. The van der Waals surface area contributed by atoms with Crippen LogP contribution in [-0.2, 0) is 11.3 Å². The summed E-state index contributed by atoms with van der Waals surface area (Å²) in [7, 11) is 1.46. The Balaban J connectivity index is 1.54. The third-order valence-electron chi connectivity index (χ3n) is 4.22. The average molecular weight is 356 g/mol. The number of allylic oxidation sites excluding steroid dienone is 2. The minimum absolute atomic E-state index is 0.0565. The second-order valence-electron chi connectivity index (χ2n) is 6.00. The maximum Gasteiger partial charge on any atom is 0.327 e. The maximum atomic E-state index is 11.8. The Bertz CT molecular complexity index is 998. The zero-order chi connectivity index (χ0) is 17.6. The summed E-state index contributed by atoms with van der Waals surface area (Å²) in [6, 6.07) is 3.38. The molecule has 1 aliphatic carbocycles. The van der Waals surface area contributed by atoms with Gasteiger partial charge in [0.25, 0.3) is 0 Å². The van der Waals surface area contributed by atoms with E-state index in [0.717, 1.165) is 23.4 Å². The Morgan fingerprint density at radius 1 is 1.32 bits per heavy atom. The van der Waals surface area contributed by atoms with Crippen molar-refractivity contribution in [1.82, 2.24) is 24.8 Å². The molecule has 0 radical (unpaired) electrons. The number of hydrogen-bond donors (Lipinski definition) is 0. The van der Waals surface area contributed by atoms with Crippen LogP contribution >= 0.6 is 11.6 Å². The number of likely N-dealkylation sites (N-methyl/N-ethyl adjacent to an activating group) is 1. The second kappa shape index (κ2) is 5.90. The molecule has 1 aliphatic heterocycles. The molecule has 7 nitrogen and oxygen atoms in total. The first-order valence-corrected chi connectivity index (χ1v) is 8.16. The van der Waals surface area contributed by atoms with Crippen molar-refractivity contribution < 1.29 is 9.59 Å². The Hall–Kier alpha value is -2.85. The van der Waals surface area contributed by atoms with Crippen molar-refractivity contribution in [2.24, 2.45) is 0 Å². The number of aromatic nitrogens is 3. The smallest absolute Gasteiger partial charge is 0.304 e. The van der Waals surface area contributed by atoms with E-state index < -0.39 is 0 Å². The first-order valence-electron chi connectivity index (χ1n) is 7.78. The lowest BCUT2D eigenvalue weighted by Gasteiger charge is -2.10. The van der Waals surface area contributed by atoms with Gasteiger partial charge in [0.05, 0.1) is 23.6 Å². The van der Waals surface area contributed by atoms with Crippen LogP contribution in [0.5, 0.6) is 0 Å². The number of amides is 3. The van der Waals surface area contributed by atoms with Gasteiger partial charge < -0.3 is 4.90 Å². The molecule has 2 aromatic rings. The van der Waals surface area contributed by atoms with Crippen molar-refractivity contribution >= 4 is 34.6 Å². The van der Waals surface area contributed by atoms with E-state index in [1.54, 1.807) is 0 Å². The largest absolute Gasteiger partial charge is 0.327 e. The summed E-state index contributed by atoms with van der Waals surface area (Å²) in [4.78, 5) is 25.8. The quantitative estimate of drug-likeness (QED) is 0.477. The molecular weight excluding hydrogens is 342 g/mol. The number of fused-ring (bicyclic) bond motifs is 1. The van der Waals surface area contributed by atoms with E-state index in [1.807, 2.05) is 16.8 Å². The third-order valence-corrected chi connectivity index (χ3v) is 4.60. The highest BCUT2D eigenvalue weighted by Gasteiger charge is 2.32. The minimum Gasteiger partial charge on any atom is -0.304 e. The summed E-state index contributed by atoms with van der Waals surface area (Å²) in [5, 5.41) is 8.74. The summed E-state index contributed by atoms with van der Waals surface area (Å²) in [6.45, 7) is 0.960. The monoisotopic (exact) mass is 355 g/mol. The van der Waals surface area contributed by atoms with Gasteiger partial charge in [0.15, 0.2) is 0 Å². The van der Waals surface area contributed by atoms with E-state index in [4.69, 9.17) is 11.6 Å². The van der Waals surface area contributed by atoms with Crippen LogP contribution in [0.3, 0.4) is 0 Å². The molecule has 2 aliphatic rings. The SMILES string of the molecule is CN1C(=O)CN(CC#Cc2ccc3c(nnn3CC3=CC3)c2Cl)C1=O. The van der Waals surface area contributed by atoms with Gasteiger partial charge in [-0.05, 0) is 24.1 Å². The van der Waals surface area contributed by atoms with Crippen LogP contribution < -0.4 is 0 Å². The van der Waals surface area contributed by atoms with Gasteiger partial charge >= 0.3 is 6.03 Å². The number of rotatable bonds is 3. The molecule has 0 spiro atoms. The predicted octanol–water partition coefficient (Wildman–Crippen LogP) is 1.66. The van der Waals surface area contributed by atoms with Gasteiger partial charge in [-0.15, -0.1) is 5.10 Å². The van der Waals surface area contributed by atoms with Gasteiger partial charge in [-0.3, -0.25) is 9.69 Å². The second-order valence-corrected chi connectivity index (χ2v) is 6.38. The Kier molecular flexibility index (Phi) is 3.70. The number of benzene rings is 1. The van der Waals surface area contributed by atoms with Gasteiger partial charge in [0, 0.05) is 12.6 Å². The average Bonchev–Trinajstić information content (AvgIpc) is 3.27. The van der Waals surface area contributed by atoms with Gasteiger partial charge in [-0.2, -0.15) is 0 Å². The zero-order valence-corrected chi connectivity index (χ0v) is 14.2. The number of carbonyl (C=O) groups is 2. The van der Waals surface area contributed by atoms with Gasteiger partial charge in [0.1, 0.15) is 12.1 Å². The van der Waals surface area contributed by atoms with Crippen LogP contribution in [-0.4, -0.2) is 56.9 Å². The van der Waals surface area contributed by atoms with Crippen molar-refractivity contribution in [3.8, 4) is 11.8 Å². The van der Waals surface area contributed by atoms with Gasteiger partial charge in [-0.25, -0.2) is 9.48 Å². The lowest BCUT2D eigenvalue weighted by Crippen LogP contribution is -2.30. The van der Waals surface area contributed by atoms with E-state index in [9.17, 15) is 9.59 Å². The van der Waals surface area contributed by atoms with Crippen LogP contribution in [0.1, 0.15) is 12.0 Å². The number of urea groups is 1. The molecule has 3 amide bonds. The number of carbonyl (C=O) groups excluding carboxylic acids is 2. The van der Waals surface area contributed by atoms with E-state index in [1.165, 1.54) is 17.5 Å². The zero-order valence-electron chi connectivity index (χ0n) is 13.5. The highest BCUT2D eigenvalue weighted by molar-refractivity contribution is 6.36. The molecule has 1 aromatic carbocycles. The Morgan fingerprint density at radius 3 is 2.80 bits per heavy atom. The molecule has 2 heterocycles. The number of nitrogens with zero attached hydrogens (tertiary/aromatic N) is 5. The summed E-state index contributed by atoms with van der Waals surface area (Å²) in [5.74, 6) is 5.62. The third kappa shape index (κ3) is 2.85. The molecule has 0 atom stereocenters. The topological polar surface area (TPSA) is 71.3 Å². The van der Waals surface area contributed by atoms with Crippen molar-refractivity contribution in [2.75, 3.05) is 20.1 Å². The van der Waals surface area contributed by atoms with Crippen molar-refractivity contribution in [1.29, 1.82) is 0 Å². The first kappa shape index (κ1) is 15.7. The molecule has 0 bridgehead atoms. The van der Waals surface area contributed by atoms with E-state index in [0.29, 0.717) is 16.1 Å². The molecule has 126 valence electrons. The lowest BCUT2D eigenvalue weighted by atomic mass is 10.2. The highest BCUT2D eigenvalue weighted by atomic mass is 35.5. The summed E-state index contributed by atoms with van der Waals surface area (Å²) in [5.41, 5.74) is 3.44. The van der Waals surface area contributed by atoms with Crippen LogP contribution in [0.25, 0.3) is 11.0 Å². The van der Waals surface area contributed by atoms with Crippen molar-refractivity contribution in [3.63, 3.8) is 0 Å². The van der Waals surface area contributed by atoms with Crippen LogP contribution in [0.2, 0.25) is 5.02 Å². The fourth-order valence-corrected chi connectivity index (χ4v) is 2.87. The molecule has 8 heteroatoms. The molecule has 1 saturated heterocycles. The standard InChI is InChI=1S/C17H14ClN5O2/c1-21-14(24)10-22(17(21)25)8-2-3-12-6-7-13-16(15(12)18)19-20-23(13)9-11-4-5-11/h4,6-7H,5,8-10H2,1H3. The Labute approximate surface area is 148 Å². The van der Waals surface area contributed by atoms with Crippen LogP contribution in [0, 0.1) is 11.8 Å². The van der Waals surface area contributed by atoms with E-state index >= 15 is 0 Å². The van der Waals surface area contributed by atoms with Crippen molar-refractivity contribution in [3.05, 3.63) is 34.4 Å². The predicted molar refractivity (Wildman–Crippen MR) is 91.9 cm³/mol.